The highest BCUT2D eigenvalue weighted by Gasteiger charge is 2.41. The zero-order valence-electron chi connectivity index (χ0n) is 17.9. The number of halogens is 3. The van der Waals surface area contributed by atoms with Gasteiger partial charge in [-0.15, -0.1) is 0 Å². The van der Waals surface area contributed by atoms with Gasteiger partial charge in [0.1, 0.15) is 6.54 Å². The molecule has 3 atom stereocenters. The van der Waals surface area contributed by atoms with E-state index in [-0.39, 0.29) is 17.9 Å². The summed E-state index contributed by atoms with van der Waals surface area (Å²) < 4.78 is 71.3. The Labute approximate surface area is 187 Å². The Balaban J connectivity index is 1.40. The van der Waals surface area contributed by atoms with E-state index in [1.165, 1.54) is 11.1 Å². The number of alkyl halides is 3. The van der Waals surface area contributed by atoms with E-state index in [9.17, 15) is 21.6 Å². The topological polar surface area (TPSA) is 70.7 Å². The average molecular weight is 474 g/mol. The van der Waals surface area contributed by atoms with Crippen molar-refractivity contribution in [3.8, 4) is 0 Å². The monoisotopic (exact) mass is 473 g/mol. The van der Waals surface area contributed by atoms with Gasteiger partial charge in [-0.05, 0) is 54.2 Å². The zero-order valence-corrected chi connectivity index (χ0v) is 18.7. The quantitative estimate of drug-likeness (QED) is 0.639. The lowest BCUT2D eigenvalue weighted by Crippen LogP contribution is -2.49. The lowest BCUT2D eigenvalue weighted by molar-refractivity contribution is -0.121. The SMILES string of the molecule is O=S(=O)(NCC(F)(F)F)N[C@@H]1[C@@H]2CC[C@H]1Cc1cc(/C=C/CN3CCOCC3)ccc1C2. The Morgan fingerprint density at radius 3 is 2.47 bits per heavy atom. The number of hydrogen-bond acceptors (Lipinski definition) is 4. The minimum atomic E-state index is -4.58. The van der Waals surface area contributed by atoms with Gasteiger partial charge in [-0.3, -0.25) is 4.90 Å². The van der Waals surface area contributed by atoms with Gasteiger partial charge < -0.3 is 4.74 Å². The summed E-state index contributed by atoms with van der Waals surface area (Å²) in [5.41, 5.74) is 3.52. The van der Waals surface area contributed by atoms with E-state index in [1.54, 1.807) is 4.72 Å². The molecule has 10 heteroatoms. The van der Waals surface area contributed by atoms with Crippen molar-refractivity contribution in [2.24, 2.45) is 11.8 Å². The maximum atomic E-state index is 12.4. The van der Waals surface area contributed by atoms with Gasteiger partial charge in [0, 0.05) is 25.7 Å². The van der Waals surface area contributed by atoms with Crippen LogP contribution in [0, 0.1) is 11.8 Å². The summed E-state index contributed by atoms with van der Waals surface area (Å²) in [5.74, 6) is 0.169. The molecule has 0 unspecified atom stereocenters. The molecule has 2 aliphatic carbocycles. The minimum absolute atomic E-state index is 0.0799. The summed E-state index contributed by atoms with van der Waals surface area (Å²) in [7, 11) is -4.22. The van der Waals surface area contributed by atoms with Gasteiger partial charge in [-0.2, -0.15) is 31.0 Å². The van der Waals surface area contributed by atoms with Crippen LogP contribution in [0.4, 0.5) is 13.2 Å². The van der Waals surface area contributed by atoms with E-state index >= 15 is 0 Å². The predicted octanol–water partition coefficient (Wildman–Crippen LogP) is 2.51. The predicted molar refractivity (Wildman–Crippen MR) is 116 cm³/mol. The van der Waals surface area contributed by atoms with Crippen LogP contribution < -0.4 is 9.44 Å². The second kappa shape index (κ2) is 9.80. The molecule has 1 heterocycles. The van der Waals surface area contributed by atoms with Crippen molar-refractivity contribution < 1.29 is 26.3 Å². The lowest BCUT2D eigenvalue weighted by Gasteiger charge is -2.25. The third kappa shape index (κ3) is 6.32. The third-order valence-electron chi connectivity index (χ3n) is 6.65. The van der Waals surface area contributed by atoms with Crippen LogP contribution in [0.2, 0.25) is 0 Å². The molecule has 2 fully saturated rings. The van der Waals surface area contributed by atoms with Crippen LogP contribution in [0.3, 0.4) is 0 Å². The first kappa shape index (κ1) is 23.7. The molecular weight excluding hydrogens is 443 g/mol. The number of rotatable bonds is 7. The first-order valence-electron chi connectivity index (χ1n) is 11.1. The molecule has 3 aliphatic rings. The van der Waals surface area contributed by atoms with Gasteiger partial charge in [0.25, 0.3) is 10.2 Å². The van der Waals surface area contributed by atoms with Gasteiger partial charge >= 0.3 is 6.18 Å². The average Bonchev–Trinajstić information content (AvgIpc) is 3.01. The molecular formula is C22H30F3N3O3S. The molecule has 0 aromatic heterocycles. The van der Waals surface area contributed by atoms with E-state index in [2.05, 4.69) is 40.0 Å². The van der Waals surface area contributed by atoms with Crippen molar-refractivity contribution >= 4 is 16.3 Å². The van der Waals surface area contributed by atoms with E-state index in [0.717, 1.165) is 64.1 Å². The second-order valence-electron chi connectivity index (χ2n) is 8.93. The normalized spacial score (nSPS) is 26.9. The number of nitrogens with zero attached hydrogens (tertiary/aromatic N) is 1. The van der Waals surface area contributed by atoms with Gasteiger partial charge in [-0.1, -0.05) is 30.4 Å². The molecule has 6 nitrogen and oxygen atoms in total. The van der Waals surface area contributed by atoms with E-state index < -0.39 is 22.9 Å². The summed E-state index contributed by atoms with van der Waals surface area (Å²) in [5, 5.41) is 0. The van der Waals surface area contributed by atoms with Gasteiger partial charge in [-0.25, -0.2) is 0 Å². The standard InChI is InChI=1S/C22H30F3N3O3S/c23-22(24,25)15-26-32(29,30)27-21-18-5-6-19(21)14-20-12-16(3-4-17(20)13-18)2-1-7-28-8-10-31-11-9-28/h1-4,12,18-19,21,26-27H,5-11,13-15H2/b2-1+/t18-,19+,21-/m1/s1. The van der Waals surface area contributed by atoms with Crippen molar-refractivity contribution in [1.82, 2.24) is 14.3 Å². The fraction of sp³-hybridized carbons (Fsp3) is 0.636. The number of benzene rings is 1. The van der Waals surface area contributed by atoms with Gasteiger partial charge in [0.15, 0.2) is 0 Å². The third-order valence-corrected chi connectivity index (χ3v) is 7.76. The molecule has 0 spiro atoms. The van der Waals surface area contributed by atoms with Crippen LogP contribution in [-0.4, -0.2) is 64.9 Å². The highest BCUT2D eigenvalue weighted by molar-refractivity contribution is 7.87. The fourth-order valence-electron chi connectivity index (χ4n) is 5.05. The first-order chi connectivity index (χ1) is 15.2. The molecule has 1 aliphatic heterocycles. The number of morpholine rings is 1. The van der Waals surface area contributed by atoms with Crippen molar-refractivity contribution in [3.63, 3.8) is 0 Å². The van der Waals surface area contributed by atoms with Crippen LogP contribution >= 0.6 is 0 Å². The Morgan fingerprint density at radius 2 is 1.78 bits per heavy atom. The summed E-state index contributed by atoms with van der Waals surface area (Å²) in [6.07, 6.45) is 2.88. The summed E-state index contributed by atoms with van der Waals surface area (Å²) in [6.45, 7) is 2.72. The lowest BCUT2D eigenvalue weighted by atomic mass is 9.92. The van der Waals surface area contributed by atoms with E-state index in [1.807, 2.05) is 0 Å². The van der Waals surface area contributed by atoms with Crippen molar-refractivity contribution in [1.29, 1.82) is 0 Å². The zero-order chi connectivity index (χ0) is 22.8. The first-order valence-corrected chi connectivity index (χ1v) is 12.6. The molecule has 1 saturated carbocycles. The molecule has 0 amide bonds. The number of hydrogen-bond donors (Lipinski definition) is 2. The smallest absolute Gasteiger partial charge is 0.379 e. The van der Waals surface area contributed by atoms with Crippen molar-refractivity contribution in [2.75, 3.05) is 39.4 Å². The maximum absolute atomic E-state index is 12.4. The fourth-order valence-corrected chi connectivity index (χ4v) is 6.23. The molecule has 1 aromatic rings. The molecule has 2 N–H and O–H groups in total. The maximum Gasteiger partial charge on any atom is 0.402 e. The summed E-state index contributed by atoms with van der Waals surface area (Å²) in [6, 6.07) is 6.00. The second-order valence-corrected chi connectivity index (χ2v) is 10.5. The highest BCUT2D eigenvalue weighted by atomic mass is 32.2. The largest absolute Gasteiger partial charge is 0.402 e. The summed E-state index contributed by atoms with van der Waals surface area (Å²) in [4.78, 5) is 2.34. The van der Waals surface area contributed by atoms with Crippen LogP contribution in [-0.2, 0) is 27.8 Å². The Hall–Kier alpha value is -1.46. The van der Waals surface area contributed by atoms with E-state index in [4.69, 9.17) is 4.74 Å². The van der Waals surface area contributed by atoms with Crippen LogP contribution in [0.25, 0.3) is 6.08 Å². The number of fused-ring (bicyclic) bond motifs is 3. The Bertz CT molecular complexity index is 930. The molecule has 2 bridgehead atoms. The van der Waals surface area contributed by atoms with Gasteiger partial charge in [0.2, 0.25) is 0 Å². The number of nitrogens with one attached hydrogen (secondary N) is 2. The van der Waals surface area contributed by atoms with Crippen LogP contribution in [0.1, 0.15) is 29.5 Å². The van der Waals surface area contributed by atoms with Crippen LogP contribution in [0.5, 0.6) is 0 Å². The summed E-state index contributed by atoms with van der Waals surface area (Å²) >= 11 is 0. The molecule has 32 heavy (non-hydrogen) atoms. The molecule has 178 valence electrons. The molecule has 1 aromatic carbocycles. The molecule has 1 saturated heterocycles. The Morgan fingerprint density at radius 1 is 1.09 bits per heavy atom. The van der Waals surface area contributed by atoms with Crippen LogP contribution in [0.15, 0.2) is 24.3 Å². The highest BCUT2D eigenvalue weighted by Crippen LogP contribution is 2.40. The minimum Gasteiger partial charge on any atom is -0.379 e. The van der Waals surface area contributed by atoms with Crippen molar-refractivity contribution in [2.45, 2.75) is 37.9 Å². The van der Waals surface area contributed by atoms with E-state index in [0.29, 0.717) is 0 Å². The Kier molecular flexibility index (Phi) is 7.26. The number of ether oxygens (including phenoxy) is 1. The van der Waals surface area contributed by atoms with Gasteiger partial charge in [0.05, 0.1) is 13.2 Å². The van der Waals surface area contributed by atoms with Crippen molar-refractivity contribution in [3.05, 3.63) is 41.0 Å². The molecule has 4 rings (SSSR count). The molecule has 0 radical (unpaired) electrons.